The SMILES string of the molecule is Cc1cc2ccccc2n1CC(=O)Nc1cccc(C(=O)NCC(N)=O)c1. The number of carbonyl (C=O) groups excluding carboxylic acids is 3. The molecule has 0 bridgehead atoms. The average Bonchev–Trinajstić information content (AvgIpc) is 2.95. The number of carbonyl (C=O) groups is 3. The first-order chi connectivity index (χ1) is 12.9. The molecule has 0 saturated carbocycles. The van der Waals surface area contributed by atoms with Crippen LogP contribution in [-0.4, -0.2) is 28.8 Å². The molecule has 3 aromatic rings. The molecule has 4 N–H and O–H groups in total. The topological polar surface area (TPSA) is 106 Å². The predicted molar refractivity (Wildman–Crippen MR) is 103 cm³/mol. The molecule has 0 fully saturated rings. The summed E-state index contributed by atoms with van der Waals surface area (Å²) >= 11 is 0. The van der Waals surface area contributed by atoms with E-state index in [2.05, 4.69) is 10.6 Å². The number of hydrogen-bond donors (Lipinski definition) is 3. The van der Waals surface area contributed by atoms with Crippen LogP contribution in [-0.2, 0) is 16.1 Å². The Balaban J connectivity index is 1.71. The molecule has 1 aromatic heterocycles. The molecule has 7 nitrogen and oxygen atoms in total. The number of hydrogen-bond acceptors (Lipinski definition) is 3. The van der Waals surface area contributed by atoms with E-state index in [1.165, 1.54) is 0 Å². The van der Waals surface area contributed by atoms with Crippen molar-refractivity contribution in [1.29, 1.82) is 0 Å². The highest BCUT2D eigenvalue weighted by molar-refractivity contribution is 5.98. The Hall–Kier alpha value is -3.61. The number of fused-ring (bicyclic) bond motifs is 1. The molecule has 2 aromatic carbocycles. The Morgan fingerprint density at radius 3 is 2.59 bits per heavy atom. The van der Waals surface area contributed by atoms with Gasteiger partial charge in [-0.3, -0.25) is 14.4 Å². The van der Waals surface area contributed by atoms with Crippen LogP contribution < -0.4 is 16.4 Å². The van der Waals surface area contributed by atoms with E-state index in [0.29, 0.717) is 11.3 Å². The van der Waals surface area contributed by atoms with E-state index in [1.54, 1.807) is 24.3 Å². The van der Waals surface area contributed by atoms with Crippen molar-refractivity contribution in [2.24, 2.45) is 5.73 Å². The fraction of sp³-hybridized carbons (Fsp3) is 0.150. The van der Waals surface area contributed by atoms with Gasteiger partial charge in [0, 0.05) is 22.5 Å². The molecule has 27 heavy (non-hydrogen) atoms. The number of benzene rings is 2. The van der Waals surface area contributed by atoms with E-state index in [1.807, 2.05) is 41.8 Å². The lowest BCUT2D eigenvalue weighted by Gasteiger charge is -2.10. The summed E-state index contributed by atoms with van der Waals surface area (Å²) in [6.45, 7) is 1.88. The first kappa shape index (κ1) is 18.2. The second-order valence-corrected chi connectivity index (χ2v) is 6.21. The van der Waals surface area contributed by atoms with E-state index in [9.17, 15) is 14.4 Å². The van der Waals surface area contributed by atoms with Crippen molar-refractivity contribution in [2.45, 2.75) is 13.5 Å². The molecular weight excluding hydrogens is 344 g/mol. The minimum atomic E-state index is -0.623. The number of rotatable bonds is 6. The zero-order valence-corrected chi connectivity index (χ0v) is 14.9. The molecule has 138 valence electrons. The minimum Gasteiger partial charge on any atom is -0.368 e. The Kier molecular flexibility index (Phi) is 5.21. The van der Waals surface area contributed by atoms with Gasteiger partial charge in [-0.15, -0.1) is 0 Å². The summed E-state index contributed by atoms with van der Waals surface area (Å²) in [5, 5.41) is 6.29. The number of para-hydroxylation sites is 1. The predicted octanol–water partition coefficient (Wildman–Crippen LogP) is 1.80. The molecule has 0 aliphatic heterocycles. The molecular formula is C20H20N4O3. The van der Waals surface area contributed by atoms with Crippen LogP contribution in [0.3, 0.4) is 0 Å². The Morgan fingerprint density at radius 1 is 1.04 bits per heavy atom. The second kappa shape index (κ2) is 7.74. The summed E-state index contributed by atoms with van der Waals surface area (Å²) < 4.78 is 1.94. The fourth-order valence-corrected chi connectivity index (χ4v) is 2.91. The molecule has 7 heteroatoms. The third-order valence-corrected chi connectivity index (χ3v) is 4.15. The third-order valence-electron chi connectivity index (χ3n) is 4.15. The number of aryl methyl sites for hydroxylation is 1. The third kappa shape index (κ3) is 4.33. The van der Waals surface area contributed by atoms with Gasteiger partial charge in [-0.2, -0.15) is 0 Å². The van der Waals surface area contributed by atoms with E-state index in [-0.39, 0.29) is 19.0 Å². The van der Waals surface area contributed by atoms with Gasteiger partial charge in [-0.05, 0) is 42.6 Å². The lowest BCUT2D eigenvalue weighted by molar-refractivity contribution is -0.117. The normalized spacial score (nSPS) is 10.6. The molecule has 0 aliphatic carbocycles. The number of nitrogens with zero attached hydrogens (tertiary/aromatic N) is 1. The van der Waals surface area contributed by atoms with Crippen LogP contribution in [0, 0.1) is 6.92 Å². The maximum absolute atomic E-state index is 12.5. The highest BCUT2D eigenvalue weighted by Gasteiger charge is 2.11. The first-order valence-electron chi connectivity index (χ1n) is 8.45. The molecule has 0 saturated heterocycles. The first-order valence-corrected chi connectivity index (χ1v) is 8.45. The van der Waals surface area contributed by atoms with Crippen LogP contribution in [0.25, 0.3) is 10.9 Å². The summed E-state index contributed by atoms with van der Waals surface area (Å²) in [5.74, 6) is -1.26. The number of nitrogens with two attached hydrogens (primary N) is 1. The molecule has 3 rings (SSSR count). The Bertz CT molecular complexity index is 1020. The van der Waals surface area contributed by atoms with Crippen LogP contribution in [0.4, 0.5) is 5.69 Å². The summed E-state index contributed by atoms with van der Waals surface area (Å²) in [4.78, 5) is 35.2. The summed E-state index contributed by atoms with van der Waals surface area (Å²) in [5.41, 5.74) is 7.83. The maximum Gasteiger partial charge on any atom is 0.251 e. The van der Waals surface area contributed by atoms with E-state index < -0.39 is 11.8 Å². The van der Waals surface area contributed by atoms with Crippen LogP contribution >= 0.6 is 0 Å². The molecule has 0 aliphatic rings. The molecule has 3 amide bonds. The van der Waals surface area contributed by atoms with Crippen molar-refractivity contribution in [1.82, 2.24) is 9.88 Å². The van der Waals surface area contributed by atoms with Gasteiger partial charge in [0.05, 0.1) is 6.54 Å². The summed E-state index contributed by atoms with van der Waals surface area (Å²) in [7, 11) is 0. The lowest BCUT2D eigenvalue weighted by Crippen LogP contribution is -2.33. The number of anilines is 1. The Labute approximate surface area is 156 Å². The zero-order valence-electron chi connectivity index (χ0n) is 14.9. The van der Waals surface area contributed by atoms with Gasteiger partial charge in [0.1, 0.15) is 6.54 Å². The van der Waals surface area contributed by atoms with Crippen molar-refractivity contribution < 1.29 is 14.4 Å². The van der Waals surface area contributed by atoms with E-state index >= 15 is 0 Å². The quantitative estimate of drug-likeness (QED) is 0.621. The van der Waals surface area contributed by atoms with E-state index in [4.69, 9.17) is 5.73 Å². The highest BCUT2D eigenvalue weighted by atomic mass is 16.2. The molecule has 0 unspecified atom stereocenters. The summed E-state index contributed by atoms with van der Waals surface area (Å²) in [6.07, 6.45) is 0. The van der Waals surface area contributed by atoms with Gasteiger partial charge in [0.2, 0.25) is 11.8 Å². The number of amides is 3. The van der Waals surface area contributed by atoms with Crippen LogP contribution in [0.5, 0.6) is 0 Å². The van der Waals surface area contributed by atoms with Crippen molar-refractivity contribution in [2.75, 3.05) is 11.9 Å². The van der Waals surface area contributed by atoms with Gasteiger partial charge in [-0.1, -0.05) is 24.3 Å². The highest BCUT2D eigenvalue weighted by Crippen LogP contribution is 2.19. The minimum absolute atomic E-state index is 0.164. The zero-order chi connectivity index (χ0) is 19.4. The van der Waals surface area contributed by atoms with E-state index in [0.717, 1.165) is 16.6 Å². The lowest BCUT2D eigenvalue weighted by atomic mass is 10.2. The Morgan fingerprint density at radius 2 is 1.81 bits per heavy atom. The van der Waals surface area contributed by atoms with Gasteiger partial charge in [0.25, 0.3) is 5.91 Å². The fourth-order valence-electron chi connectivity index (χ4n) is 2.91. The average molecular weight is 364 g/mol. The van der Waals surface area contributed by atoms with Crippen LogP contribution in [0.1, 0.15) is 16.1 Å². The summed E-state index contributed by atoms with van der Waals surface area (Å²) in [6, 6.07) is 16.4. The molecule has 0 radical (unpaired) electrons. The molecule has 1 heterocycles. The number of nitrogens with one attached hydrogen (secondary N) is 2. The van der Waals surface area contributed by atoms with Gasteiger partial charge in [0.15, 0.2) is 0 Å². The van der Waals surface area contributed by atoms with Crippen LogP contribution in [0.15, 0.2) is 54.6 Å². The van der Waals surface area contributed by atoms with Crippen LogP contribution in [0.2, 0.25) is 0 Å². The number of aromatic nitrogens is 1. The molecule has 0 atom stereocenters. The largest absolute Gasteiger partial charge is 0.368 e. The van der Waals surface area contributed by atoms with Gasteiger partial charge >= 0.3 is 0 Å². The van der Waals surface area contributed by atoms with Gasteiger partial charge in [-0.25, -0.2) is 0 Å². The second-order valence-electron chi connectivity index (χ2n) is 6.21. The van der Waals surface area contributed by atoms with Crippen molar-refractivity contribution in [3.63, 3.8) is 0 Å². The smallest absolute Gasteiger partial charge is 0.251 e. The van der Waals surface area contributed by atoms with Crippen molar-refractivity contribution >= 4 is 34.3 Å². The number of primary amides is 1. The maximum atomic E-state index is 12.5. The van der Waals surface area contributed by atoms with Crippen molar-refractivity contribution in [3.8, 4) is 0 Å². The monoisotopic (exact) mass is 364 g/mol. The van der Waals surface area contributed by atoms with Gasteiger partial charge < -0.3 is 20.9 Å². The standard InChI is InChI=1S/C20H20N4O3/c1-13-9-14-5-2-3-8-17(14)24(13)12-19(26)23-16-7-4-6-15(10-16)20(27)22-11-18(21)25/h2-10H,11-12H2,1H3,(H2,21,25)(H,22,27)(H,23,26). The molecule has 0 spiro atoms. The van der Waals surface area contributed by atoms with Crippen molar-refractivity contribution in [3.05, 3.63) is 65.9 Å².